The van der Waals surface area contributed by atoms with Gasteiger partial charge in [0.05, 0.1) is 12.2 Å². The van der Waals surface area contributed by atoms with Crippen molar-refractivity contribution in [1.29, 1.82) is 0 Å². The fraction of sp³-hybridized carbons (Fsp3) is 0.471. The largest absolute Gasteiger partial charge is 0.416 e. The van der Waals surface area contributed by atoms with Crippen LogP contribution in [0.1, 0.15) is 18.4 Å². The second kappa shape index (κ2) is 8.06. The summed E-state index contributed by atoms with van der Waals surface area (Å²) in [6, 6.07) is 4.19. The summed E-state index contributed by atoms with van der Waals surface area (Å²) in [5, 5.41) is 2.53. The van der Waals surface area contributed by atoms with E-state index in [-0.39, 0.29) is 18.2 Å². The molecule has 7 heteroatoms. The molecule has 0 saturated carbocycles. The van der Waals surface area contributed by atoms with Crippen molar-refractivity contribution in [1.82, 2.24) is 4.90 Å². The van der Waals surface area contributed by atoms with Gasteiger partial charge in [0.25, 0.3) is 0 Å². The lowest BCUT2D eigenvalue weighted by Crippen LogP contribution is -2.43. The van der Waals surface area contributed by atoms with E-state index in [1.807, 2.05) is 0 Å². The van der Waals surface area contributed by atoms with Crippen molar-refractivity contribution in [2.45, 2.75) is 19.0 Å². The Morgan fingerprint density at radius 2 is 2.25 bits per heavy atom. The number of nitrogens with one attached hydrogen (secondary N) is 1. The van der Waals surface area contributed by atoms with E-state index < -0.39 is 17.8 Å². The Labute approximate surface area is 139 Å². The van der Waals surface area contributed by atoms with Gasteiger partial charge in [-0.2, -0.15) is 13.2 Å². The van der Waals surface area contributed by atoms with Crippen molar-refractivity contribution in [3.8, 4) is 12.3 Å². The molecule has 24 heavy (non-hydrogen) atoms. The number of hydrogen-bond donors (Lipinski definition) is 1. The molecule has 0 radical (unpaired) electrons. The lowest BCUT2D eigenvalue weighted by molar-refractivity contribution is -0.137. The smallest absolute Gasteiger partial charge is 0.368 e. The Morgan fingerprint density at radius 1 is 1.46 bits per heavy atom. The standard InChI is InChI=1S/C17H19F3N2O2/c1-2-9-24-12-13-5-4-8-22(11-13)16(23)21-15-7-3-6-14(10-15)17(18,19)20/h1,3,6-7,10,13H,4-5,8-9,11-12H2,(H,21,23). The van der Waals surface area contributed by atoms with Gasteiger partial charge in [-0.25, -0.2) is 4.79 Å². The SMILES string of the molecule is C#CCOCC1CCCN(C(=O)Nc2cccc(C(F)(F)F)c2)C1. The van der Waals surface area contributed by atoms with E-state index in [1.54, 1.807) is 4.90 Å². The Hall–Kier alpha value is -2.20. The molecule has 1 saturated heterocycles. The lowest BCUT2D eigenvalue weighted by atomic mass is 9.99. The van der Waals surface area contributed by atoms with Crippen LogP contribution in [0.2, 0.25) is 0 Å². The van der Waals surface area contributed by atoms with Crippen LogP contribution in [0.25, 0.3) is 0 Å². The summed E-state index contributed by atoms with van der Waals surface area (Å²) in [4.78, 5) is 13.9. The Balaban J connectivity index is 1.93. The Kier molecular flexibility index (Phi) is 6.10. The summed E-state index contributed by atoms with van der Waals surface area (Å²) in [5.74, 6) is 2.56. The number of benzene rings is 1. The fourth-order valence-electron chi connectivity index (χ4n) is 2.65. The predicted octanol–water partition coefficient (Wildman–Crippen LogP) is 3.60. The molecule has 1 aromatic carbocycles. The third-order valence-corrected chi connectivity index (χ3v) is 3.79. The Bertz CT molecular complexity index is 611. The molecule has 1 unspecified atom stereocenters. The van der Waals surface area contributed by atoms with Gasteiger partial charge in [0.2, 0.25) is 0 Å². The summed E-state index contributed by atoms with van der Waals surface area (Å²) in [5.41, 5.74) is -0.667. The van der Waals surface area contributed by atoms with Crippen LogP contribution < -0.4 is 5.32 Å². The van der Waals surface area contributed by atoms with Crippen molar-refractivity contribution < 1.29 is 22.7 Å². The van der Waals surface area contributed by atoms with Crippen LogP contribution in [0.5, 0.6) is 0 Å². The maximum Gasteiger partial charge on any atom is 0.416 e. The molecule has 1 aliphatic rings. The first-order valence-electron chi connectivity index (χ1n) is 7.64. The number of nitrogens with zero attached hydrogens (tertiary/aromatic N) is 1. The summed E-state index contributed by atoms with van der Waals surface area (Å²) in [7, 11) is 0. The molecule has 1 aromatic rings. The minimum atomic E-state index is -4.44. The molecule has 1 N–H and O–H groups in total. The van der Waals surface area contributed by atoms with E-state index in [9.17, 15) is 18.0 Å². The molecule has 0 aliphatic carbocycles. The average Bonchev–Trinajstić information content (AvgIpc) is 2.55. The number of piperidine rings is 1. The number of hydrogen-bond acceptors (Lipinski definition) is 2. The first-order valence-corrected chi connectivity index (χ1v) is 7.64. The summed E-state index contributed by atoms with van der Waals surface area (Å²) >= 11 is 0. The monoisotopic (exact) mass is 340 g/mol. The van der Waals surface area contributed by atoms with Crippen LogP contribution in [-0.4, -0.2) is 37.2 Å². The molecule has 1 aliphatic heterocycles. The Morgan fingerprint density at radius 3 is 2.96 bits per heavy atom. The van der Waals surface area contributed by atoms with Gasteiger partial charge < -0.3 is 15.0 Å². The number of anilines is 1. The van der Waals surface area contributed by atoms with E-state index in [2.05, 4.69) is 11.2 Å². The molecule has 1 atom stereocenters. The molecule has 0 bridgehead atoms. The second-order valence-corrected chi connectivity index (χ2v) is 5.68. The zero-order chi connectivity index (χ0) is 17.6. The van der Waals surface area contributed by atoms with Gasteiger partial charge in [-0.1, -0.05) is 12.0 Å². The van der Waals surface area contributed by atoms with E-state index >= 15 is 0 Å². The van der Waals surface area contributed by atoms with E-state index in [0.29, 0.717) is 19.7 Å². The van der Waals surface area contributed by atoms with Crippen LogP contribution in [-0.2, 0) is 10.9 Å². The highest BCUT2D eigenvalue weighted by Crippen LogP contribution is 2.30. The van der Waals surface area contributed by atoms with E-state index in [1.165, 1.54) is 12.1 Å². The van der Waals surface area contributed by atoms with Crippen LogP contribution >= 0.6 is 0 Å². The molecule has 4 nitrogen and oxygen atoms in total. The van der Waals surface area contributed by atoms with Gasteiger partial charge >= 0.3 is 12.2 Å². The number of carbonyl (C=O) groups is 1. The van der Waals surface area contributed by atoms with Crippen molar-refractivity contribution in [3.63, 3.8) is 0 Å². The highest BCUT2D eigenvalue weighted by atomic mass is 19.4. The third-order valence-electron chi connectivity index (χ3n) is 3.79. The average molecular weight is 340 g/mol. The van der Waals surface area contributed by atoms with Gasteiger partial charge in [-0.15, -0.1) is 6.42 Å². The number of likely N-dealkylation sites (tertiary alicyclic amines) is 1. The number of urea groups is 1. The van der Waals surface area contributed by atoms with Crippen LogP contribution in [0.3, 0.4) is 0 Å². The van der Waals surface area contributed by atoms with Gasteiger partial charge in [0.1, 0.15) is 6.61 Å². The van der Waals surface area contributed by atoms with Gasteiger partial charge in [-0.05, 0) is 31.0 Å². The van der Waals surface area contributed by atoms with Crippen molar-refractivity contribution in [3.05, 3.63) is 29.8 Å². The number of ether oxygens (including phenoxy) is 1. The molecule has 1 heterocycles. The lowest BCUT2D eigenvalue weighted by Gasteiger charge is -2.32. The van der Waals surface area contributed by atoms with Crippen molar-refractivity contribution in [2.24, 2.45) is 5.92 Å². The first-order chi connectivity index (χ1) is 11.4. The highest BCUT2D eigenvalue weighted by Gasteiger charge is 2.31. The molecule has 0 aromatic heterocycles. The number of alkyl halides is 3. The number of halogens is 3. The second-order valence-electron chi connectivity index (χ2n) is 5.68. The number of amides is 2. The van der Waals surface area contributed by atoms with Gasteiger partial charge in [0.15, 0.2) is 0 Å². The predicted molar refractivity (Wildman–Crippen MR) is 84.4 cm³/mol. The van der Waals surface area contributed by atoms with E-state index in [4.69, 9.17) is 11.2 Å². The van der Waals surface area contributed by atoms with Crippen LogP contribution in [0, 0.1) is 18.3 Å². The third kappa shape index (κ3) is 5.17. The first kappa shape index (κ1) is 18.1. The van der Waals surface area contributed by atoms with Crippen molar-refractivity contribution >= 4 is 11.7 Å². The molecule has 2 amide bonds. The molecule has 2 rings (SSSR count). The van der Waals surface area contributed by atoms with Crippen LogP contribution in [0.15, 0.2) is 24.3 Å². The zero-order valence-corrected chi connectivity index (χ0v) is 13.1. The summed E-state index contributed by atoms with van der Waals surface area (Å²) in [6.45, 7) is 1.76. The van der Waals surface area contributed by atoms with Crippen molar-refractivity contribution in [2.75, 3.05) is 31.6 Å². The number of rotatable bonds is 4. The zero-order valence-electron chi connectivity index (χ0n) is 13.1. The summed E-state index contributed by atoms with van der Waals surface area (Å²) < 4.78 is 43.4. The minimum Gasteiger partial charge on any atom is -0.368 e. The number of terminal acetylenes is 1. The normalized spacial score (nSPS) is 18.1. The molecular weight excluding hydrogens is 321 g/mol. The molecule has 1 fully saturated rings. The minimum absolute atomic E-state index is 0.125. The summed E-state index contributed by atoms with van der Waals surface area (Å²) in [6.07, 6.45) is 2.43. The maximum atomic E-state index is 12.7. The highest BCUT2D eigenvalue weighted by molar-refractivity contribution is 5.89. The fourth-order valence-corrected chi connectivity index (χ4v) is 2.65. The molecular formula is C17H19F3N2O2. The maximum absolute atomic E-state index is 12.7. The molecule has 130 valence electrons. The van der Waals surface area contributed by atoms with E-state index in [0.717, 1.165) is 25.0 Å². The number of carbonyl (C=O) groups excluding carboxylic acids is 1. The van der Waals surface area contributed by atoms with Gasteiger partial charge in [-0.3, -0.25) is 0 Å². The van der Waals surface area contributed by atoms with Crippen LogP contribution in [0.4, 0.5) is 23.7 Å². The molecule has 0 spiro atoms. The topological polar surface area (TPSA) is 41.6 Å². The quantitative estimate of drug-likeness (QED) is 0.672. The van der Waals surface area contributed by atoms with Gasteiger partial charge in [0, 0.05) is 24.7 Å².